The first-order valence-corrected chi connectivity index (χ1v) is 9.55. The Morgan fingerprint density at radius 1 is 1.24 bits per heavy atom. The van der Waals surface area contributed by atoms with Crippen LogP contribution in [0.2, 0.25) is 0 Å². The molecular formula is C19H21N3O2S. The summed E-state index contributed by atoms with van der Waals surface area (Å²) in [4.78, 5) is 28.0. The van der Waals surface area contributed by atoms with Gasteiger partial charge in [-0.2, -0.15) is 0 Å². The molecule has 5 nitrogen and oxygen atoms in total. The maximum absolute atomic E-state index is 12.6. The molecule has 2 aromatic rings. The third-order valence-corrected chi connectivity index (χ3v) is 6.84. The molecule has 2 bridgehead atoms. The van der Waals surface area contributed by atoms with Crippen LogP contribution in [-0.2, 0) is 11.3 Å². The summed E-state index contributed by atoms with van der Waals surface area (Å²) in [6.45, 7) is 0.319. The molecule has 0 spiro atoms. The molecule has 1 aromatic carbocycles. The molecule has 3 aliphatic rings. The minimum absolute atomic E-state index is 0.0354. The molecule has 3 saturated carbocycles. The largest absolute Gasteiger partial charge is 0.353 e. The van der Waals surface area contributed by atoms with Crippen molar-refractivity contribution in [2.45, 2.75) is 38.3 Å². The fourth-order valence-corrected chi connectivity index (χ4v) is 5.68. The van der Waals surface area contributed by atoms with Gasteiger partial charge in [0, 0.05) is 19.0 Å². The van der Waals surface area contributed by atoms with E-state index in [4.69, 9.17) is 12.2 Å². The van der Waals surface area contributed by atoms with E-state index in [0.29, 0.717) is 29.2 Å². The Morgan fingerprint density at radius 2 is 1.96 bits per heavy atom. The summed E-state index contributed by atoms with van der Waals surface area (Å²) in [6, 6.07) is 7.70. The second-order valence-corrected chi connectivity index (χ2v) is 8.15. The highest BCUT2D eigenvalue weighted by molar-refractivity contribution is 7.71. The zero-order valence-electron chi connectivity index (χ0n) is 13.9. The summed E-state index contributed by atoms with van der Waals surface area (Å²) >= 11 is 5.30. The lowest BCUT2D eigenvalue weighted by atomic mass is 10.0. The molecule has 1 amide bonds. The molecular weight excluding hydrogens is 334 g/mol. The van der Waals surface area contributed by atoms with Gasteiger partial charge in [0.25, 0.3) is 5.56 Å². The summed E-state index contributed by atoms with van der Waals surface area (Å²) in [5.74, 6) is 3.19. The van der Waals surface area contributed by atoms with E-state index in [-0.39, 0.29) is 11.5 Å². The van der Waals surface area contributed by atoms with Crippen molar-refractivity contribution < 1.29 is 4.79 Å². The predicted molar refractivity (Wildman–Crippen MR) is 97.8 cm³/mol. The van der Waals surface area contributed by atoms with Gasteiger partial charge in [-0.05, 0) is 67.3 Å². The maximum atomic E-state index is 12.6. The number of carbonyl (C=O) groups excluding carboxylic acids is 1. The molecule has 25 heavy (non-hydrogen) atoms. The number of nitrogens with one attached hydrogen (secondary N) is 2. The zero-order valence-corrected chi connectivity index (χ0v) is 14.7. The van der Waals surface area contributed by atoms with E-state index in [2.05, 4.69) is 10.3 Å². The molecule has 130 valence electrons. The Bertz CT molecular complexity index is 963. The van der Waals surface area contributed by atoms with Gasteiger partial charge in [0.2, 0.25) is 5.91 Å². The van der Waals surface area contributed by atoms with Gasteiger partial charge in [-0.3, -0.25) is 14.2 Å². The number of rotatable bonds is 4. The highest BCUT2D eigenvalue weighted by Gasteiger charge is 2.65. The lowest BCUT2D eigenvalue weighted by molar-refractivity contribution is -0.121. The average molecular weight is 355 g/mol. The number of benzene rings is 1. The lowest BCUT2D eigenvalue weighted by Crippen LogP contribution is -2.32. The van der Waals surface area contributed by atoms with Gasteiger partial charge < -0.3 is 10.3 Å². The Balaban J connectivity index is 1.27. The molecule has 1 heterocycles. The van der Waals surface area contributed by atoms with Crippen LogP contribution in [0.5, 0.6) is 0 Å². The van der Waals surface area contributed by atoms with E-state index in [0.717, 1.165) is 29.2 Å². The Kier molecular flexibility index (Phi) is 3.39. The number of carbonyl (C=O) groups is 1. The number of amides is 1. The van der Waals surface area contributed by atoms with Crippen molar-refractivity contribution in [3.8, 4) is 0 Å². The highest BCUT2D eigenvalue weighted by Crippen LogP contribution is 2.65. The van der Waals surface area contributed by atoms with Crippen molar-refractivity contribution >= 4 is 29.0 Å². The third-order valence-electron chi connectivity index (χ3n) is 6.51. The molecule has 4 atom stereocenters. The van der Waals surface area contributed by atoms with Gasteiger partial charge in [0.15, 0.2) is 4.77 Å². The number of nitrogens with zero attached hydrogens (tertiary/aromatic N) is 1. The van der Waals surface area contributed by atoms with Gasteiger partial charge in [0.1, 0.15) is 0 Å². The molecule has 0 radical (unpaired) electrons. The summed E-state index contributed by atoms with van der Waals surface area (Å²) in [6.07, 6.45) is 4.37. The Hall–Kier alpha value is -1.95. The highest BCUT2D eigenvalue weighted by atomic mass is 32.1. The number of hydrogen-bond acceptors (Lipinski definition) is 3. The van der Waals surface area contributed by atoms with Crippen molar-refractivity contribution in [3.63, 3.8) is 0 Å². The Morgan fingerprint density at radius 3 is 2.72 bits per heavy atom. The molecule has 2 N–H and O–H groups in total. The standard InChI is InChI=1S/C19H21N3O2S/c23-14(21-17-15-10-5-6-11(9-10)16(15)17)7-8-22-18(24)12-3-1-2-4-13(12)20-19(22)25/h1-4,10-11,15-17H,5-9H2,(H,20,25)(H,21,23)/t10-,11-,15-,16-/m0/s1. The van der Waals surface area contributed by atoms with Gasteiger partial charge in [-0.15, -0.1) is 0 Å². The topological polar surface area (TPSA) is 66.9 Å². The average Bonchev–Trinajstić information content (AvgIpc) is 2.98. The molecule has 1 aromatic heterocycles. The van der Waals surface area contributed by atoms with Crippen LogP contribution in [-0.4, -0.2) is 21.5 Å². The second kappa shape index (κ2) is 5.53. The third kappa shape index (κ3) is 2.38. The van der Waals surface area contributed by atoms with Crippen LogP contribution in [0.4, 0.5) is 0 Å². The van der Waals surface area contributed by atoms with E-state index < -0.39 is 0 Å². The fraction of sp³-hybridized carbons (Fsp3) is 0.526. The first-order valence-electron chi connectivity index (χ1n) is 9.15. The fourth-order valence-electron chi connectivity index (χ4n) is 5.39. The number of para-hydroxylation sites is 1. The predicted octanol–water partition coefficient (Wildman–Crippen LogP) is 2.61. The minimum atomic E-state index is -0.131. The van der Waals surface area contributed by atoms with Crippen LogP contribution in [0.3, 0.4) is 0 Å². The first kappa shape index (κ1) is 15.3. The van der Waals surface area contributed by atoms with E-state index in [1.165, 1.54) is 23.8 Å². The molecule has 0 saturated heterocycles. The molecule has 6 heteroatoms. The van der Waals surface area contributed by atoms with Crippen molar-refractivity contribution in [2.24, 2.45) is 23.7 Å². The molecule has 3 fully saturated rings. The zero-order chi connectivity index (χ0) is 17.1. The second-order valence-electron chi connectivity index (χ2n) is 7.76. The van der Waals surface area contributed by atoms with Crippen LogP contribution in [0.1, 0.15) is 25.7 Å². The normalized spacial score (nSPS) is 31.9. The van der Waals surface area contributed by atoms with Crippen LogP contribution in [0.15, 0.2) is 29.1 Å². The van der Waals surface area contributed by atoms with E-state index in [1.807, 2.05) is 18.2 Å². The van der Waals surface area contributed by atoms with Gasteiger partial charge >= 0.3 is 0 Å². The summed E-state index contributed by atoms with van der Waals surface area (Å²) in [5, 5.41) is 3.81. The van der Waals surface area contributed by atoms with E-state index in [9.17, 15) is 9.59 Å². The van der Waals surface area contributed by atoms with Crippen molar-refractivity contribution in [1.29, 1.82) is 0 Å². The molecule has 0 unspecified atom stereocenters. The maximum Gasteiger partial charge on any atom is 0.262 e. The molecule has 3 aliphatic carbocycles. The monoisotopic (exact) mass is 355 g/mol. The number of aromatic nitrogens is 2. The smallest absolute Gasteiger partial charge is 0.262 e. The minimum Gasteiger partial charge on any atom is -0.353 e. The van der Waals surface area contributed by atoms with Crippen molar-refractivity contribution in [1.82, 2.24) is 14.9 Å². The van der Waals surface area contributed by atoms with Crippen LogP contribution < -0.4 is 10.9 Å². The van der Waals surface area contributed by atoms with Gasteiger partial charge in [-0.1, -0.05) is 12.1 Å². The van der Waals surface area contributed by atoms with E-state index >= 15 is 0 Å². The van der Waals surface area contributed by atoms with Gasteiger partial charge in [0.05, 0.1) is 10.9 Å². The van der Waals surface area contributed by atoms with Crippen LogP contribution in [0.25, 0.3) is 10.9 Å². The number of hydrogen-bond donors (Lipinski definition) is 2. The van der Waals surface area contributed by atoms with Crippen LogP contribution >= 0.6 is 12.2 Å². The molecule has 5 rings (SSSR count). The lowest BCUT2D eigenvalue weighted by Gasteiger charge is -2.11. The number of fused-ring (bicyclic) bond motifs is 6. The summed E-state index contributed by atoms with van der Waals surface area (Å²) in [5.41, 5.74) is 0.605. The SMILES string of the molecule is O=C(CCn1c(=S)[nH]c2ccccc2c1=O)NC1[C@H]2[C@H]3CC[C@@H](C3)[C@H]12. The summed E-state index contributed by atoms with van der Waals surface area (Å²) < 4.78 is 1.87. The van der Waals surface area contributed by atoms with Gasteiger partial charge in [-0.25, -0.2) is 0 Å². The van der Waals surface area contributed by atoms with Crippen molar-refractivity contribution in [2.75, 3.05) is 0 Å². The number of H-pyrrole nitrogens is 1. The Labute approximate surface area is 150 Å². The molecule has 0 aliphatic heterocycles. The first-order chi connectivity index (χ1) is 12.1. The van der Waals surface area contributed by atoms with Crippen LogP contribution in [0, 0.1) is 28.4 Å². The van der Waals surface area contributed by atoms with Crippen molar-refractivity contribution in [3.05, 3.63) is 39.4 Å². The quantitative estimate of drug-likeness (QED) is 0.829. The van der Waals surface area contributed by atoms with E-state index in [1.54, 1.807) is 6.07 Å². The number of aromatic amines is 1. The summed E-state index contributed by atoms with van der Waals surface area (Å²) in [7, 11) is 0.